The standard InChI is InChI=1S/C6H10N4OS/c1-3-11-5(9-7)6-8-4(2)10-12-6/h3,7H2,1-2H3/b9-5+. The molecule has 0 bridgehead atoms. The Morgan fingerprint density at radius 1 is 1.75 bits per heavy atom. The highest BCUT2D eigenvalue weighted by Gasteiger charge is 2.08. The Balaban J connectivity index is 2.81. The summed E-state index contributed by atoms with van der Waals surface area (Å²) < 4.78 is 9.11. The van der Waals surface area contributed by atoms with Crippen LogP contribution in [0.15, 0.2) is 5.10 Å². The number of rotatable bonds is 2. The van der Waals surface area contributed by atoms with E-state index < -0.39 is 0 Å². The van der Waals surface area contributed by atoms with Crippen LogP contribution in [0.5, 0.6) is 0 Å². The van der Waals surface area contributed by atoms with E-state index in [1.54, 1.807) is 6.92 Å². The van der Waals surface area contributed by atoms with Gasteiger partial charge in [-0.05, 0) is 25.4 Å². The molecule has 0 amide bonds. The van der Waals surface area contributed by atoms with Crippen LogP contribution in [0.25, 0.3) is 0 Å². The fourth-order valence-corrected chi connectivity index (χ4v) is 1.30. The van der Waals surface area contributed by atoms with Gasteiger partial charge in [-0.25, -0.2) is 4.98 Å². The minimum atomic E-state index is 0.350. The molecule has 0 aliphatic carbocycles. The van der Waals surface area contributed by atoms with Gasteiger partial charge in [-0.2, -0.15) is 4.37 Å². The maximum Gasteiger partial charge on any atom is 0.268 e. The molecule has 0 aliphatic rings. The largest absolute Gasteiger partial charge is 0.475 e. The van der Waals surface area contributed by atoms with Gasteiger partial charge >= 0.3 is 0 Å². The van der Waals surface area contributed by atoms with E-state index in [-0.39, 0.29) is 0 Å². The summed E-state index contributed by atoms with van der Waals surface area (Å²) in [6.07, 6.45) is 0. The SMILES string of the molecule is CCO/C(=N/N)c1nc(C)ns1. The second kappa shape index (κ2) is 4.01. The lowest BCUT2D eigenvalue weighted by Gasteiger charge is -1.99. The zero-order chi connectivity index (χ0) is 8.97. The van der Waals surface area contributed by atoms with Crippen molar-refractivity contribution in [2.24, 2.45) is 10.9 Å². The lowest BCUT2D eigenvalue weighted by molar-refractivity contribution is 0.327. The maximum absolute atomic E-state index is 5.12. The summed E-state index contributed by atoms with van der Waals surface area (Å²) in [5.41, 5.74) is 0. The minimum Gasteiger partial charge on any atom is -0.475 e. The van der Waals surface area contributed by atoms with Crippen LogP contribution in [0.3, 0.4) is 0 Å². The lowest BCUT2D eigenvalue weighted by Crippen LogP contribution is -2.08. The molecule has 0 fully saturated rings. The van der Waals surface area contributed by atoms with Gasteiger partial charge in [-0.15, -0.1) is 5.10 Å². The monoisotopic (exact) mass is 186 g/mol. The second-order valence-corrected chi connectivity index (χ2v) is 2.77. The first-order valence-corrected chi connectivity index (χ1v) is 4.26. The number of hydrogen-bond acceptors (Lipinski definition) is 6. The number of aromatic nitrogens is 2. The number of nitrogens with zero attached hydrogens (tertiary/aromatic N) is 3. The highest BCUT2D eigenvalue weighted by atomic mass is 32.1. The fourth-order valence-electron chi connectivity index (χ4n) is 0.675. The normalized spacial score (nSPS) is 11.7. The number of aryl methyl sites for hydroxylation is 1. The molecule has 0 saturated heterocycles. The summed E-state index contributed by atoms with van der Waals surface area (Å²) in [7, 11) is 0. The van der Waals surface area contributed by atoms with Crippen LogP contribution in [-0.4, -0.2) is 21.9 Å². The van der Waals surface area contributed by atoms with Gasteiger partial charge in [0.2, 0.25) is 0 Å². The number of hydrazone groups is 1. The van der Waals surface area contributed by atoms with Crippen LogP contribution in [0, 0.1) is 6.92 Å². The molecule has 2 N–H and O–H groups in total. The average Bonchev–Trinajstić information content (AvgIpc) is 2.47. The van der Waals surface area contributed by atoms with Gasteiger partial charge in [0.25, 0.3) is 5.90 Å². The van der Waals surface area contributed by atoms with E-state index in [1.165, 1.54) is 11.5 Å². The van der Waals surface area contributed by atoms with Crippen molar-refractivity contribution in [3.63, 3.8) is 0 Å². The van der Waals surface area contributed by atoms with Crippen molar-refractivity contribution >= 4 is 17.4 Å². The molecule has 0 spiro atoms. The molecule has 1 aromatic heterocycles. The van der Waals surface area contributed by atoms with E-state index in [0.29, 0.717) is 23.3 Å². The number of ether oxygens (including phenoxy) is 1. The van der Waals surface area contributed by atoms with E-state index in [0.717, 1.165) is 0 Å². The Morgan fingerprint density at radius 2 is 2.50 bits per heavy atom. The highest BCUT2D eigenvalue weighted by molar-refractivity contribution is 7.07. The second-order valence-electron chi connectivity index (χ2n) is 2.01. The van der Waals surface area contributed by atoms with E-state index in [9.17, 15) is 0 Å². The summed E-state index contributed by atoms with van der Waals surface area (Å²) in [5, 5.41) is 4.09. The van der Waals surface area contributed by atoms with Gasteiger partial charge in [-0.1, -0.05) is 0 Å². The molecule has 1 rings (SSSR count). The third-order valence-electron chi connectivity index (χ3n) is 1.11. The van der Waals surface area contributed by atoms with Crippen molar-refractivity contribution in [3.8, 4) is 0 Å². The van der Waals surface area contributed by atoms with Gasteiger partial charge in [0.05, 0.1) is 6.61 Å². The summed E-state index contributed by atoms with van der Waals surface area (Å²) in [4.78, 5) is 4.07. The molecule has 1 aromatic rings. The molecule has 0 atom stereocenters. The molecule has 1 heterocycles. The molecule has 0 saturated carbocycles. The predicted octanol–water partition coefficient (Wildman–Crippen LogP) is 0.503. The first-order valence-electron chi connectivity index (χ1n) is 3.49. The van der Waals surface area contributed by atoms with Crippen molar-refractivity contribution < 1.29 is 4.74 Å². The van der Waals surface area contributed by atoms with Crippen molar-refractivity contribution in [1.29, 1.82) is 0 Å². The molecule has 0 unspecified atom stereocenters. The van der Waals surface area contributed by atoms with Crippen LogP contribution in [0.4, 0.5) is 0 Å². The molecule has 5 nitrogen and oxygen atoms in total. The van der Waals surface area contributed by atoms with Crippen LogP contribution in [-0.2, 0) is 4.74 Å². The van der Waals surface area contributed by atoms with Crippen molar-refractivity contribution in [1.82, 2.24) is 9.36 Å². The van der Waals surface area contributed by atoms with E-state index in [2.05, 4.69) is 14.5 Å². The minimum absolute atomic E-state index is 0.350. The van der Waals surface area contributed by atoms with Gasteiger partial charge in [-0.3, -0.25) is 0 Å². The maximum atomic E-state index is 5.12. The quantitative estimate of drug-likeness (QED) is 0.316. The van der Waals surface area contributed by atoms with Gasteiger partial charge < -0.3 is 10.6 Å². The smallest absolute Gasteiger partial charge is 0.268 e. The van der Waals surface area contributed by atoms with Crippen LogP contribution in [0.2, 0.25) is 0 Å². The number of nitrogens with two attached hydrogens (primary N) is 1. The van der Waals surface area contributed by atoms with Crippen LogP contribution >= 0.6 is 11.5 Å². The fraction of sp³-hybridized carbons (Fsp3) is 0.500. The predicted molar refractivity (Wildman–Crippen MR) is 47.0 cm³/mol. The number of hydrogen-bond donors (Lipinski definition) is 1. The Bertz CT molecular complexity index is 283. The topological polar surface area (TPSA) is 73.4 Å². The molecule has 12 heavy (non-hydrogen) atoms. The highest BCUT2D eigenvalue weighted by Crippen LogP contribution is 2.05. The third kappa shape index (κ3) is 1.91. The molecule has 6 heteroatoms. The molecule has 0 aliphatic heterocycles. The van der Waals surface area contributed by atoms with Gasteiger partial charge in [0.1, 0.15) is 5.82 Å². The zero-order valence-electron chi connectivity index (χ0n) is 6.94. The summed E-state index contributed by atoms with van der Waals surface area (Å²) in [5.74, 6) is 6.16. The van der Waals surface area contributed by atoms with Crippen molar-refractivity contribution in [2.75, 3.05) is 6.61 Å². The molecule has 0 radical (unpaired) electrons. The summed E-state index contributed by atoms with van der Waals surface area (Å²) in [6.45, 7) is 4.19. The average molecular weight is 186 g/mol. The Hall–Kier alpha value is -1.17. The Labute approximate surface area is 74.4 Å². The molecular weight excluding hydrogens is 176 g/mol. The molecular formula is C6H10N4OS. The van der Waals surface area contributed by atoms with Crippen LogP contribution < -0.4 is 5.84 Å². The van der Waals surface area contributed by atoms with Gasteiger partial charge in [0, 0.05) is 0 Å². The summed E-state index contributed by atoms with van der Waals surface area (Å²) >= 11 is 1.23. The van der Waals surface area contributed by atoms with Crippen LogP contribution in [0.1, 0.15) is 17.8 Å². The van der Waals surface area contributed by atoms with E-state index in [4.69, 9.17) is 10.6 Å². The van der Waals surface area contributed by atoms with Crippen molar-refractivity contribution in [3.05, 3.63) is 10.8 Å². The zero-order valence-corrected chi connectivity index (χ0v) is 7.76. The van der Waals surface area contributed by atoms with E-state index in [1.807, 2.05) is 6.92 Å². The first-order chi connectivity index (χ1) is 5.77. The van der Waals surface area contributed by atoms with E-state index >= 15 is 0 Å². The molecule has 0 aromatic carbocycles. The third-order valence-corrected chi connectivity index (χ3v) is 1.90. The van der Waals surface area contributed by atoms with Gasteiger partial charge in [0.15, 0.2) is 5.01 Å². The first kappa shape index (κ1) is 8.92. The Morgan fingerprint density at radius 3 is 2.92 bits per heavy atom. The summed E-state index contributed by atoms with van der Waals surface area (Å²) in [6, 6.07) is 0. The molecule has 66 valence electrons. The Kier molecular flexibility index (Phi) is 2.98. The lowest BCUT2D eigenvalue weighted by atomic mass is 10.6. The van der Waals surface area contributed by atoms with Crippen molar-refractivity contribution in [2.45, 2.75) is 13.8 Å².